The fourth-order valence-corrected chi connectivity index (χ4v) is 2.90. The largest absolute Gasteiger partial charge is 0.497 e. The van der Waals surface area contributed by atoms with Crippen molar-refractivity contribution in [3.05, 3.63) is 53.1 Å². The Morgan fingerprint density at radius 2 is 2.05 bits per heavy atom. The smallest absolute Gasteiger partial charge is 0.119 e. The minimum Gasteiger partial charge on any atom is -0.497 e. The highest BCUT2D eigenvalue weighted by atomic mass is 16.5. The van der Waals surface area contributed by atoms with E-state index in [-0.39, 0.29) is 0 Å². The first-order valence-corrected chi connectivity index (χ1v) is 6.97. The maximum absolute atomic E-state index is 5.85. The number of anilines is 2. The predicted molar refractivity (Wildman–Crippen MR) is 83.3 cm³/mol. The molecule has 1 atom stereocenters. The van der Waals surface area contributed by atoms with Crippen LogP contribution in [-0.2, 0) is 6.42 Å². The lowest BCUT2D eigenvalue weighted by molar-refractivity contribution is 0.414. The van der Waals surface area contributed by atoms with Crippen LogP contribution in [0.4, 0.5) is 11.4 Å². The average molecular weight is 268 g/mol. The molecule has 20 heavy (non-hydrogen) atoms. The Hall–Kier alpha value is -2.16. The molecule has 2 aromatic rings. The molecule has 2 aromatic carbocycles. The monoisotopic (exact) mass is 268 g/mol. The van der Waals surface area contributed by atoms with E-state index in [0.717, 1.165) is 24.3 Å². The number of nitrogens with one attached hydrogen (secondary N) is 1. The molecule has 0 spiro atoms. The summed E-state index contributed by atoms with van der Waals surface area (Å²) in [7, 11) is 1.69. The molecule has 104 valence electrons. The first-order valence-electron chi connectivity index (χ1n) is 6.97. The number of hydrogen-bond acceptors (Lipinski definition) is 3. The number of hydrogen-bond donors (Lipinski definition) is 2. The van der Waals surface area contributed by atoms with Gasteiger partial charge in [-0.15, -0.1) is 0 Å². The molecule has 1 aliphatic rings. The highest BCUT2D eigenvalue weighted by molar-refractivity contribution is 5.57. The van der Waals surface area contributed by atoms with Gasteiger partial charge in [0.15, 0.2) is 0 Å². The van der Waals surface area contributed by atoms with Gasteiger partial charge in [-0.05, 0) is 66.8 Å². The Morgan fingerprint density at radius 3 is 2.80 bits per heavy atom. The van der Waals surface area contributed by atoms with Crippen molar-refractivity contribution in [3.63, 3.8) is 0 Å². The Balaban J connectivity index is 1.84. The zero-order valence-electron chi connectivity index (χ0n) is 11.9. The minimum absolute atomic E-state index is 0.373. The second kappa shape index (κ2) is 5.08. The van der Waals surface area contributed by atoms with Crippen LogP contribution in [0.25, 0.3) is 0 Å². The van der Waals surface area contributed by atoms with Gasteiger partial charge < -0.3 is 15.8 Å². The molecule has 0 aromatic heterocycles. The van der Waals surface area contributed by atoms with E-state index in [0.29, 0.717) is 6.04 Å². The van der Waals surface area contributed by atoms with Crippen LogP contribution in [0, 0.1) is 6.92 Å². The molecule has 0 heterocycles. The summed E-state index contributed by atoms with van der Waals surface area (Å²) in [6, 6.07) is 12.7. The van der Waals surface area contributed by atoms with E-state index < -0.39 is 0 Å². The number of fused-ring (bicyclic) bond motifs is 1. The normalized spacial score (nSPS) is 16.8. The quantitative estimate of drug-likeness (QED) is 0.835. The third-order valence-electron chi connectivity index (χ3n) is 4.01. The summed E-state index contributed by atoms with van der Waals surface area (Å²) in [5.41, 5.74) is 11.8. The Labute approximate surface area is 119 Å². The molecule has 0 fully saturated rings. The summed E-state index contributed by atoms with van der Waals surface area (Å²) >= 11 is 0. The molecule has 0 amide bonds. The van der Waals surface area contributed by atoms with Gasteiger partial charge in [0.05, 0.1) is 13.2 Å². The lowest BCUT2D eigenvalue weighted by atomic mass is 10.1. The van der Waals surface area contributed by atoms with Crippen LogP contribution in [0.3, 0.4) is 0 Å². The van der Waals surface area contributed by atoms with Gasteiger partial charge in [-0.3, -0.25) is 0 Å². The summed E-state index contributed by atoms with van der Waals surface area (Å²) in [5.74, 6) is 0.896. The van der Waals surface area contributed by atoms with Crippen molar-refractivity contribution in [1.29, 1.82) is 0 Å². The summed E-state index contributed by atoms with van der Waals surface area (Å²) in [6.45, 7) is 2.10. The molecule has 3 N–H and O–H groups in total. The third-order valence-corrected chi connectivity index (χ3v) is 4.01. The first kappa shape index (κ1) is 12.9. The first-order chi connectivity index (χ1) is 9.67. The van der Waals surface area contributed by atoms with Crippen molar-refractivity contribution in [2.24, 2.45) is 0 Å². The SMILES string of the molecule is COc1ccc(NC2CCc3cc(N)ccc32)c(C)c1. The van der Waals surface area contributed by atoms with E-state index >= 15 is 0 Å². The molecular formula is C17H20N2O. The fourth-order valence-electron chi connectivity index (χ4n) is 2.90. The topological polar surface area (TPSA) is 47.3 Å². The molecule has 1 aliphatic carbocycles. The Bertz CT molecular complexity index is 637. The standard InChI is InChI=1S/C17H20N2O/c1-11-9-14(20-2)5-8-16(11)19-17-7-3-12-10-13(18)4-6-15(12)17/h4-6,8-10,17,19H,3,7,18H2,1-2H3. The Kier molecular flexibility index (Phi) is 3.26. The van der Waals surface area contributed by atoms with Crippen molar-refractivity contribution in [3.8, 4) is 5.75 Å². The number of aryl methyl sites for hydroxylation is 2. The zero-order chi connectivity index (χ0) is 14.1. The fraction of sp³-hybridized carbons (Fsp3) is 0.294. The second-order valence-electron chi connectivity index (χ2n) is 5.37. The molecule has 3 rings (SSSR count). The molecule has 3 heteroatoms. The summed E-state index contributed by atoms with van der Waals surface area (Å²) in [6.07, 6.45) is 2.21. The molecule has 0 saturated carbocycles. The van der Waals surface area contributed by atoms with Gasteiger partial charge in [0, 0.05) is 11.4 Å². The van der Waals surface area contributed by atoms with E-state index in [4.69, 9.17) is 10.5 Å². The number of rotatable bonds is 3. The lowest BCUT2D eigenvalue weighted by Gasteiger charge is -2.18. The van der Waals surface area contributed by atoms with Gasteiger partial charge in [0.25, 0.3) is 0 Å². The highest BCUT2D eigenvalue weighted by Gasteiger charge is 2.22. The van der Waals surface area contributed by atoms with Gasteiger partial charge in [0.1, 0.15) is 5.75 Å². The lowest BCUT2D eigenvalue weighted by Crippen LogP contribution is -2.08. The van der Waals surface area contributed by atoms with Crippen molar-refractivity contribution in [2.75, 3.05) is 18.2 Å². The summed E-state index contributed by atoms with van der Waals surface area (Å²) < 4.78 is 5.25. The maximum Gasteiger partial charge on any atom is 0.119 e. The number of ether oxygens (including phenoxy) is 1. The Morgan fingerprint density at radius 1 is 1.20 bits per heavy atom. The minimum atomic E-state index is 0.373. The molecule has 0 aliphatic heterocycles. The molecule has 1 unspecified atom stereocenters. The highest BCUT2D eigenvalue weighted by Crippen LogP contribution is 2.36. The van der Waals surface area contributed by atoms with Gasteiger partial charge in [0.2, 0.25) is 0 Å². The van der Waals surface area contributed by atoms with Crippen LogP contribution in [0.2, 0.25) is 0 Å². The second-order valence-corrected chi connectivity index (χ2v) is 5.37. The molecule has 0 bridgehead atoms. The van der Waals surface area contributed by atoms with Crippen LogP contribution < -0.4 is 15.8 Å². The van der Waals surface area contributed by atoms with Crippen LogP contribution in [0.1, 0.15) is 29.2 Å². The molecule has 3 nitrogen and oxygen atoms in total. The average Bonchev–Trinajstić information content (AvgIpc) is 2.83. The van der Waals surface area contributed by atoms with Gasteiger partial charge in [-0.1, -0.05) is 6.07 Å². The van der Waals surface area contributed by atoms with Crippen molar-refractivity contribution >= 4 is 11.4 Å². The van der Waals surface area contributed by atoms with E-state index in [1.807, 2.05) is 12.1 Å². The maximum atomic E-state index is 5.85. The van der Waals surface area contributed by atoms with Crippen LogP contribution >= 0.6 is 0 Å². The number of nitrogen functional groups attached to an aromatic ring is 1. The van der Waals surface area contributed by atoms with Crippen molar-refractivity contribution < 1.29 is 4.74 Å². The van der Waals surface area contributed by atoms with Crippen LogP contribution in [-0.4, -0.2) is 7.11 Å². The molecule has 0 saturated heterocycles. The number of methoxy groups -OCH3 is 1. The number of nitrogens with two attached hydrogens (primary N) is 1. The van der Waals surface area contributed by atoms with Gasteiger partial charge >= 0.3 is 0 Å². The number of benzene rings is 2. The van der Waals surface area contributed by atoms with Crippen LogP contribution in [0.15, 0.2) is 36.4 Å². The predicted octanol–water partition coefficient (Wildman–Crippen LogP) is 3.69. The van der Waals surface area contributed by atoms with Gasteiger partial charge in [-0.2, -0.15) is 0 Å². The van der Waals surface area contributed by atoms with E-state index in [1.54, 1.807) is 7.11 Å². The van der Waals surface area contributed by atoms with Crippen molar-refractivity contribution in [1.82, 2.24) is 0 Å². The summed E-state index contributed by atoms with van der Waals surface area (Å²) in [4.78, 5) is 0. The summed E-state index contributed by atoms with van der Waals surface area (Å²) in [5, 5.41) is 3.64. The molecule has 0 radical (unpaired) electrons. The van der Waals surface area contributed by atoms with E-state index in [1.165, 1.54) is 22.4 Å². The van der Waals surface area contributed by atoms with Crippen molar-refractivity contribution in [2.45, 2.75) is 25.8 Å². The van der Waals surface area contributed by atoms with Gasteiger partial charge in [-0.25, -0.2) is 0 Å². The molecular weight excluding hydrogens is 248 g/mol. The zero-order valence-corrected chi connectivity index (χ0v) is 11.9. The van der Waals surface area contributed by atoms with Crippen LogP contribution in [0.5, 0.6) is 5.75 Å². The van der Waals surface area contributed by atoms with E-state index in [2.05, 4.69) is 36.5 Å². The van der Waals surface area contributed by atoms with E-state index in [9.17, 15) is 0 Å². The third kappa shape index (κ3) is 2.31.